The Morgan fingerprint density at radius 2 is 2.14 bits per heavy atom. The van der Waals surface area contributed by atoms with Crippen LogP contribution < -0.4 is 10.6 Å². The molecule has 0 aromatic heterocycles. The van der Waals surface area contributed by atoms with Crippen molar-refractivity contribution in [2.75, 3.05) is 19.6 Å². The minimum absolute atomic E-state index is 0.167. The molecule has 3 nitrogen and oxygen atoms in total. The molecule has 1 saturated heterocycles. The number of carbonyl (C=O) groups is 1. The normalized spacial score (nSPS) is 21.1. The van der Waals surface area contributed by atoms with Gasteiger partial charge >= 0.3 is 0 Å². The summed E-state index contributed by atoms with van der Waals surface area (Å²) in [6.07, 6.45) is 1.12. The van der Waals surface area contributed by atoms with Gasteiger partial charge in [-0.25, -0.2) is 0 Å². The van der Waals surface area contributed by atoms with Crippen LogP contribution >= 0.6 is 0 Å². The summed E-state index contributed by atoms with van der Waals surface area (Å²) < 4.78 is 0. The zero-order chi connectivity index (χ0) is 10.6. The van der Waals surface area contributed by atoms with Crippen LogP contribution in [0.1, 0.15) is 27.2 Å². The first-order valence-electron chi connectivity index (χ1n) is 5.63. The molecule has 14 heavy (non-hydrogen) atoms. The average Bonchev–Trinajstić information content (AvgIpc) is 2.10. The van der Waals surface area contributed by atoms with E-state index in [0.717, 1.165) is 26.1 Å². The van der Waals surface area contributed by atoms with Crippen molar-refractivity contribution in [1.29, 1.82) is 0 Å². The molecule has 1 fully saturated rings. The summed E-state index contributed by atoms with van der Waals surface area (Å²) in [5.41, 5.74) is 0. The molecule has 0 radical (unpaired) electrons. The lowest BCUT2D eigenvalue weighted by Crippen LogP contribution is -2.50. The zero-order valence-corrected chi connectivity index (χ0v) is 9.47. The van der Waals surface area contributed by atoms with E-state index in [4.69, 9.17) is 0 Å². The van der Waals surface area contributed by atoms with Crippen LogP contribution in [0.15, 0.2) is 0 Å². The summed E-state index contributed by atoms with van der Waals surface area (Å²) >= 11 is 0. The van der Waals surface area contributed by atoms with E-state index in [1.165, 1.54) is 0 Å². The first kappa shape index (κ1) is 11.5. The van der Waals surface area contributed by atoms with Gasteiger partial charge in [0.15, 0.2) is 0 Å². The quantitative estimate of drug-likeness (QED) is 0.692. The molecule has 2 atom stereocenters. The van der Waals surface area contributed by atoms with Gasteiger partial charge in [0.1, 0.15) is 0 Å². The molecule has 1 amide bonds. The number of hydrogen-bond acceptors (Lipinski definition) is 2. The first-order valence-corrected chi connectivity index (χ1v) is 5.63. The Hall–Kier alpha value is -0.570. The molecular weight excluding hydrogens is 176 g/mol. The first-order chi connectivity index (χ1) is 6.65. The van der Waals surface area contributed by atoms with E-state index in [0.29, 0.717) is 11.8 Å². The fourth-order valence-electron chi connectivity index (χ4n) is 1.46. The zero-order valence-electron chi connectivity index (χ0n) is 9.47. The second-order valence-corrected chi connectivity index (χ2v) is 4.47. The average molecular weight is 198 g/mol. The molecule has 2 unspecified atom stereocenters. The Labute approximate surface area is 86.6 Å². The highest BCUT2D eigenvalue weighted by atomic mass is 16.1. The summed E-state index contributed by atoms with van der Waals surface area (Å²) in [4.78, 5) is 11.7. The third kappa shape index (κ3) is 2.98. The molecule has 1 aliphatic heterocycles. The second kappa shape index (κ2) is 5.35. The van der Waals surface area contributed by atoms with Crippen molar-refractivity contribution in [3.05, 3.63) is 0 Å². The molecule has 0 aliphatic carbocycles. The summed E-state index contributed by atoms with van der Waals surface area (Å²) in [5.74, 6) is 1.52. The lowest BCUT2D eigenvalue weighted by Gasteiger charge is -2.31. The minimum atomic E-state index is 0.167. The van der Waals surface area contributed by atoms with E-state index in [1.54, 1.807) is 0 Å². The van der Waals surface area contributed by atoms with Crippen molar-refractivity contribution in [1.82, 2.24) is 10.6 Å². The molecule has 82 valence electrons. The van der Waals surface area contributed by atoms with Gasteiger partial charge in [-0.3, -0.25) is 4.79 Å². The van der Waals surface area contributed by atoms with Crippen LogP contribution in [0.25, 0.3) is 0 Å². The number of nitrogens with one attached hydrogen (secondary N) is 2. The van der Waals surface area contributed by atoms with Gasteiger partial charge in [-0.15, -0.1) is 0 Å². The van der Waals surface area contributed by atoms with Gasteiger partial charge in [0.05, 0.1) is 0 Å². The molecular formula is C11H22N2O. The number of amides is 1. The summed E-state index contributed by atoms with van der Waals surface area (Å²) in [5, 5.41) is 6.21. The Balaban J connectivity index is 2.19. The second-order valence-electron chi connectivity index (χ2n) is 4.47. The van der Waals surface area contributed by atoms with E-state index >= 15 is 0 Å². The SMILES string of the molecule is CCC(C)CNC(=O)C(C)C1CNC1. The fraction of sp³-hybridized carbons (Fsp3) is 0.909. The highest BCUT2D eigenvalue weighted by Gasteiger charge is 2.28. The molecule has 0 spiro atoms. The van der Waals surface area contributed by atoms with Crippen molar-refractivity contribution < 1.29 is 4.79 Å². The molecule has 2 N–H and O–H groups in total. The van der Waals surface area contributed by atoms with Crippen LogP contribution in [-0.2, 0) is 4.79 Å². The van der Waals surface area contributed by atoms with Gasteiger partial charge in [-0.1, -0.05) is 27.2 Å². The third-order valence-corrected chi connectivity index (χ3v) is 3.26. The standard InChI is InChI=1S/C11H22N2O/c1-4-8(2)5-13-11(14)9(3)10-6-12-7-10/h8-10,12H,4-7H2,1-3H3,(H,13,14). The van der Waals surface area contributed by atoms with Gasteiger partial charge in [0, 0.05) is 12.5 Å². The predicted molar refractivity (Wildman–Crippen MR) is 58.0 cm³/mol. The van der Waals surface area contributed by atoms with Crippen molar-refractivity contribution in [2.24, 2.45) is 17.8 Å². The van der Waals surface area contributed by atoms with Crippen LogP contribution in [-0.4, -0.2) is 25.5 Å². The monoisotopic (exact) mass is 198 g/mol. The maximum atomic E-state index is 11.7. The largest absolute Gasteiger partial charge is 0.356 e. The summed E-state index contributed by atoms with van der Waals surface area (Å²) in [6.45, 7) is 9.15. The number of hydrogen-bond donors (Lipinski definition) is 2. The molecule has 0 aromatic carbocycles. The van der Waals surface area contributed by atoms with Crippen molar-refractivity contribution in [3.8, 4) is 0 Å². The molecule has 3 heteroatoms. The molecule has 0 saturated carbocycles. The molecule has 0 bridgehead atoms. The third-order valence-electron chi connectivity index (χ3n) is 3.26. The van der Waals surface area contributed by atoms with Gasteiger partial charge in [-0.05, 0) is 24.9 Å². The smallest absolute Gasteiger partial charge is 0.223 e. The van der Waals surface area contributed by atoms with Crippen molar-refractivity contribution in [3.63, 3.8) is 0 Å². The lowest BCUT2D eigenvalue weighted by atomic mass is 9.88. The van der Waals surface area contributed by atoms with E-state index in [-0.39, 0.29) is 11.8 Å². The van der Waals surface area contributed by atoms with Crippen LogP contribution in [0.5, 0.6) is 0 Å². The van der Waals surface area contributed by atoms with Gasteiger partial charge in [-0.2, -0.15) is 0 Å². The van der Waals surface area contributed by atoms with E-state index in [2.05, 4.69) is 24.5 Å². The minimum Gasteiger partial charge on any atom is -0.356 e. The molecule has 1 rings (SSSR count). The van der Waals surface area contributed by atoms with Crippen molar-refractivity contribution in [2.45, 2.75) is 27.2 Å². The van der Waals surface area contributed by atoms with E-state index in [9.17, 15) is 4.79 Å². The molecule has 1 heterocycles. The van der Waals surface area contributed by atoms with Crippen LogP contribution in [0, 0.1) is 17.8 Å². The highest BCUT2D eigenvalue weighted by Crippen LogP contribution is 2.15. The van der Waals surface area contributed by atoms with Crippen LogP contribution in [0.4, 0.5) is 0 Å². The van der Waals surface area contributed by atoms with Crippen molar-refractivity contribution >= 4 is 5.91 Å². The Bertz CT molecular complexity index is 190. The number of rotatable bonds is 5. The summed E-state index contributed by atoms with van der Waals surface area (Å²) in [6, 6.07) is 0. The highest BCUT2D eigenvalue weighted by molar-refractivity contribution is 5.78. The Morgan fingerprint density at radius 3 is 2.57 bits per heavy atom. The Kier molecular flexibility index (Phi) is 4.39. The fourth-order valence-corrected chi connectivity index (χ4v) is 1.46. The Morgan fingerprint density at radius 1 is 1.50 bits per heavy atom. The lowest BCUT2D eigenvalue weighted by molar-refractivity contribution is -0.126. The maximum absolute atomic E-state index is 11.7. The molecule has 1 aliphatic rings. The maximum Gasteiger partial charge on any atom is 0.223 e. The van der Waals surface area contributed by atoms with E-state index < -0.39 is 0 Å². The molecule has 0 aromatic rings. The van der Waals surface area contributed by atoms with Gasteiger partial charge in [0.2, 0.25) is 5.91 Å². The predicted octanol–water partition coefficient (Wildman–Crippen LogP) is 1.00. The summed E-state index contributed by atoms with van der Waals surface area (Å²) in [7, 11) is 0. The van der Waals surface area contributed by atoms with Gasteiger partial charge in [0.25, 0.3) is 0 Å². The van der Waals surface area contributed by atoms with Crippen LogP contribution in [0.2, 0.25) is 0 Å². The van der Waals surface area contributed by atoms with Gasteiger partial charge < -0.3 is 10.6 Å². The number of carbonyl (C=O) groups excluding carboxylic acids is 1. The topological polar surface area (TPSA) is 41.1 Å². The van der Waals surface area contributed by atoms with E-state index in [1.807, 2.05) is 6.92 Å². The van der Waals surface area contributed by atoms with Crippen LogP contribution in [0.3, 0.4) is 0 Å².